The first-order valence-corrected chi connectivity index (χ1v) is 6.61. The van der Waals surface area contributed by atoms with Crippen molar-refractivity contribution in [1.82, 2.24) is 0 Å². The van der Waals surface area contributed by atoms with Gasteiger partial charge in [0.1, 0.15) is 0 Å². The summed E-state index contributed by atoms with van der Waals surface area (Å²) >= 11 is 0. The van der Waals surface area contributed by atoms with Crippen LogP contribution in [0.2, 0.25) is 0 Å². The Morgan fingerprint density at radius 1 is 0.583 bits per heavy atom. The second-order valence-corrected chi connectivity index (χ2v) is 4.60. The summed E-state index contributed by atoms with van der Waals surface area (Å²) in [7, 11) is -3.10. The van der Waals surface area contributed by atoms with Crippen molar-refractivity contribution in [1.29, 1.82) is 0 Å². The smallest absolute Gasteiger partial charge is 0.478 e. The molecule has 0 aliphatic rings. The number of hydrogen-bond acceptors (Lipinski definition) is 6. The Labute approximate surface area is 137 Å². The van der Waals surface area contributed by atoms with Gasteiger partial charge in [-0.3, -0.25) is 0 Å². The number of hydrogen-bond donors (Lipinski definition) is 6. The van der Waals surface area contributed by atoms with Gasteiger partial charge < -0.3 is 30.3 Å². The highest BCUT2D eigenvalue weighted by Crippen LogP contribution is 1.97. The Balaban J connectivity index is 0.000000240. The van der Waals surface area contributed by atoms with E-state index in [2.05, 4.69) is 0 Å². The van der Waals surface area contributed by atoms with E-state index in [-0.39, 0.29) is 22.1 Å². The van der Waals surface area contributed by atoms with Crippen LogP contribution >= 0.6 is 0 Å². The van der Waals surface area contributed by atoms with Crippen molar-refractivity contribution in [3.05, 3.63) is 59.7 Å². The van der Waals surface area contributed by atoms with E-state index in [0.29, 0.717) is 0 Å². The quantitative estimate of drug-likeness (QED) is 0.356. The van der Waals surface area contributed by atoms with E-state index in [4.69, 9.17) is 30.3 Å². The molecule has 2 aromatic rings. The molecule has 0 aliphatic carbocycles. The average molecular weight is 332 g/mol. The fraction of sp³-hybridized carbons (Fsp3) is 0. The third-order valence-electron chi connectivity index (χ3n) is 2.91. The lowest BCUT2D eigenvalue weighted by Crippen LogP contribution is -2.29. The van der Waals surface area contributed by atoms with Crippen LogP contribution < -0.4 is 10.9 Å². The molecule has 2 aromatic carbocycles. The minimum atomic E-state index is -1.55. The summed E-state index contributed by atoms with van der Waals surface area (Å²) in [6.45, 7) is 0. The molecule has 6 N–H and O–H groups in total. The molecule has 0 amide bonds. The highest BCUT2D eigenvalue weighted by molar-refractivity contribution is 6.58. The van der Waals surface area contributed by atoms with Gasteiger partial charge in [-0.15, -0.1) is 0 Å². The van der Waals surface area contributed by atoms with Gasteiger partial charge in [-0.1, -0.05) is 24.3 Å². The first-order chi connectivity index (χ1) is 11.2. The number of aromatic carboxylic acids is 2. The minimum Gasteiger partial charge on any atom is -0.478 e. The molecule has 2 rings (SSSR count). The van der Waals surface area contributed by atoms with E-state index in [1.807, 2.05) is 0 Å². The van der Waals surface area contributed by atoms with Crippen molar-refractivity contribution in [2.75, 3.05) is 0 Å². The monoisotopic (exact) mass is 332 g/mol. The largest absolute Gasteiger partial charge is 0.488 e. The van der Waals surface area contributed by atoms with Crippen LogP contribution in [0.25, 0.3) is 0 Å². The Kier molecular flexibility index (Phi) is 7.15. The predicted octanol–water partition coefficient (Wildman–Crippen LogP) is -1.87. The second-order valence-electron chi connectivity index (χ2n) is 4.60. The van der Waals surface area contributed by atoms with E-state index < -0.39 is 26.2 Å². The molecule has 10 heteroatoms. The van der Waals surface area contributed by atoms with Gasteiger partial charge in [0.25, 0.3) is 0 Å². The summed E-state index contributed by atoms with van der Waals surface area (Å²) < 4.78 is 0. The van der Waals surface area contributed by atoms with Crippen LogP contribution in [0.3, 0.4) is 0 Å². The number of rotatable bonds is 4. The zero-order valence-corrected chi connectivity index (χ0v) is 12.3. The fourth-order valence-corrected chi connectivity index (χ4v) is 1.60. The third-order valence-corrected chi connectivity index (χ3v) is 2.91. The van der Waals surface area contributed by atoms with Gasteiger partial charge in [0.15, 0.2) is 0 Å². The molecule has 24 heavy (non-hydrogen) atoms. The maximum atomic E-state index is 10.4. The van der Waals surface area contributed by atoms with E-state index in [1.165, 1.54) is 48.5 Å². The molecule has 0 saturated carbocycles. The third kappa shape index (κ3) is 5.86. The Morgan fingerprint density at radius 2 is 0.833 bits per heavy atom. The van der Waals surface area contributed by atoms with Gasteiger partial charge in [-0.05, 0) is 35.2 Å². The normalized spacial score (nSPS) is 9.50. The second kappa shape index (κ2) is 8.85. The van der Waals surface area contributed by atoms with Crippen molar-refractivity contribution in [3.63, 3.8) is 0 Å². The Morgan fingerprint density at radius 3 is 1.00 bits per heavy atom. The first-order valence-electron chi connectivity index (χ1n) is 6.61. The zero-order chi connectivity index (χ0) is 18.3. The Hall–Kier alpha value is -2.65. The highest BCUT2D eigenvalue weighted by atomic mass is 16.4. The number of carboxylic acid groups (broad SMARTS) is 2. The van der Waals surface area contributed by atoms with Crippen molar-refractivity contribution in [3.8, 4) is 0 Å². The van der Waals surface area contributed by atoms with Gasteiger partial charge in [-0.25, -0.2) is 9.59 Å². The highest BCUT2D eigenvalue weighted by Gasteiger charge is 2.11. The maximum absolute atomic E-state index is 10.4. The number of benzene rings is 2. The summed E-state index contributed by atoms with van der Waals surface area (Å²) in [6, 6.07) is 10.7. The van der Waals surface area contributed by atoms with Gasteiger partial charge in [0, 0.05) is 0 Å². The van der Waals surface area contributed by atoms with Gasteiger partial charge in [-0.2, -0.15) is 0 Å². The maximum Gasteiger partial charge on any atom is 0.488 e. The number of carbonyl (C=O) groups is 2. The molecule has 0 saturated heterocycles. The molecule has 8 nitrogen and oxygen atoms in total. The van der Waals surface area contributed by atoms with E-state index in [9.17, 15) is 9.59 Å². The fourth-order valence-electron chi connectivity index (χ4n) is 1.60. The van der Waals surface area contributed by atoms with Crippen LogP contribution in [0.15, 0.2) is 48.5 Å². The lowest BCUT2D eigenvalue weighted by atomic mass is 9.80. The molecule has 0 atom stereocenters. The molecule has 0 spiro atoms. The molecule has 0 fully saturated rings. The molecule has 124 valence electrons. The Bertz CT molecular complexity index is 621. The van der Waals surface area contributed by atoms with Crippen LogP contribution in [-0.2, 0) is 0 Å². The van der Waals surface area contributed by atoms with Gasteiger partial charge in [0.2, 0.25) is 0 Å². The summed E-state index contributed by atoms with van der Waals surface area (Å²) in [5.74, 6) is -2.07. The molecular weight excluding hydrogens is 318 g/mol. The average Bonchev–Trinajstić information content (AvgIpc) is 2.55. The summed E-state index contributed by atoms with van der Waals surface area (Å²) in [5, 5.41) is 51.6. The topological polar surface area (TPSA) is 156 Å². The molecule has 0 bridgehead atoms. The standard InChI is InChI=1S/2C7H7BO4/c2*9-7(10)5-1-3-6(4-2-5)8(11)12/h2*1-4,11-12H,(H,9,10). The first kappa shape index (κ1) is 19.4. The van der Waals surface area contributed by atoms with Crippen LogP contribution in [0, 0.1) is 0 Å². The molecule has 0 radical (unpaired) electrons. The molecule has 0 unspecified atom stereocenters. The summed E-state index contributed by atoms with van der Waals surface area (Å²) in [4.78, 5) is 20.7. The van der Waals surface area contributed by atoms with Crippen molar-refractivity contribution >= 4 is 37.1 Å². The van der Waals surface area contributed by atoms with Crippen LogP contribution in [0.5, 0.6) is 0 Å². The van der Waals surface area contributed by atoms with E-state index >= 15 is 0 Å². The molecule has 0 heterocycles. The van der Waals surface area contributed by atoms with Crippen LogP contribution in [-0.4, -0.2) is 56.5 Å². The van der Waals surface area contributed by atoms with Gasteiger partial charge in [0.05, 0.1) is 11.1 Å². The zero-order valence-electron chi connectivity index (χ0n) is 12.3. The lowest BCUT2D eigenvalue weighted by molar-refractivity contribution is 0.0686. The van der Waals surface area contributed by atoms with Crippen molar-refractivity contribution in [2.45, 2.75) is 0 Å². The van der Waals surface area contributed by atoms with Crippen molar-refractivity contribution < 1.29 is 39.9 Å². The summed E-state index contributed by atoms with van der Waals surface area (Å²) in [6.07, 6.45) is 0. The lowest BCUT2D eigenvalue weighted by Gasteiger charge is -1.98. The van der Waals surface area contributed by atoms with Gasteiger partial charge >= 0.3 is 26.2 Å². The van der Waals surface area contributed by atoms with Crippen LogP contribution in [0.1, 0.15) is 20.7 Å². The number of carboxylic acids is 2. The van der Waals surface area contributed by atoms with Crippen molar-refractivity contribution in [2.24, 2.45) is 0 Å². The van der Waals surface area contributed by atoms with E-state index in [0.717, 1.165) is 0 Å². The molecule has 0 aliphatic heterocycles. The minimum absolute atomic E-state index is 0.124. The summed E-state index contributed by atoms with van der Waals surface area (Å²) in [5.41, 5.74) is 0.804. The van der Waals surface area contributed by atoms with E-state index in [1.54, 1.807) is 0 Å². The SMILES string of the molecule is O=C(O)c1ccc(B(O)O)cc1.O=C(O)c1ccc(B(O)O)cc1. The molecular formula is C14H14B2O8. The predicted molar refractivity (Wildman–Crippen MR) is 86.5 cm³/mol. The molecule has 0 aromatic heterocycles. The van der Waals surface area contributed by atoms with Crippen LogP contribution in [0.4, 0.5) is 0 Å².